The van der Waals surface area contributed by atoms with E-state index in [1.165, 1.54) is 12.1 Å². The van der Waals surface area contributed by atoms with Gasteiger partial charge in [-0.05, 0) is 147 Å². The number of aryl methyl sites for hydroxylation is 2. The number of carboxylic acid groups (broad SMARTS) is 1. The largest absolute Gasteiger partial charge is 0.478 e. The number of rotatable bonds is 17. The van der Waals surface area contributed by atoms with Crippen molar-refractivity contribution < 1.29 is 43.2 Å². The number of ether oxygens (including phenoxy) is 4. The molecule has 0 atom stereocenters. The van der Waals surface area contributed by atoms with Gasteiger partial charge in [0.15, 0.2) is 0 Å². The molecule has 0 unspecified atom stereocenters. The predicted molar refractivity (Wildman–Crippen MR) is 251 cm³/mol. The van der Waals surface area contributed by atoms with Crippen LogP contribution in [0.1, 0.15) is 123 Å². The summed E-state index contributed by atoms with van der Waals surface area (Å²) >= 11 is 0. The summed E-state index contributed by atoms with van der Waals surface area (Å²) in [6.07, 6.45) is 14.6. The number of carbonyl (C=O) groups is 4. The lowest BCUT2D eigenvalue weighted by Gasteiger charge is -2.19. The van der Waals surface area contributed by atoms with Crippen LogP contribution in [0.15, 0.2) is 72.8 Å². The van der Waals surface area contributed by atoms with E-state index in [-0.39, 0.29) is 24.6 Å². The van der Waals surface area contributed by atoms with Gasteiger partial charge in [-0.3, -0.25) is 4.79 Å². The van der Waals surface area contributed by atoms with Gasteiger partial charge in [0.2, 0.25) is 11.8 Å². The first-order valence-electron chi connectivity index (χ1n) is 21.2. The van der Waals surface area contributed by atoms with Gasteiger partial charge in [-0.2, -0.15) is 0 Å². The fraction of sp³-hybridized carbons (Fsp3) is 0.400. The number of pyridine rings is 2. The molecule has 0 radical (unpaired) electrons. The van der Waals surface area contributed by atoms with E-state index >= 15 is 0 Å². The summed E-state index contributed by atoms with van der Waals surface area (Å²) in [7, 11) is 0. The van der Waals surface area contributed by atoms with Crippen LogP contribution in [-0.2, 0) is 22.6 Å². The van der Waals surface area contributed by atoms with Crippen molar-refractivity contribution in [2.24, 2.45) is 5.73 Å². The number of alkyl carbamates (subject to hydrolysis) is 2. The number of nitrogens with one attached hydrogen (secondary N) is 3. The van der Waals surface area contributed by atoms with Crippen molar-refractivity contribution in [3.8, 4) is 47.9 Å². The Bertz CT molecular complexity index is 2250. The van der Waals surface area contributed by atoms with Crippen molar-refractivity contribution in [1.82, 2.24) is 25.9 Å². The summed E-state index contributed by atoms with van der Waals surface area (Å²) in [5.74, 6) is 5.48. The van der Waals surface area contributed by atoms with Crippen molar-refractivity contribution in [3.05, 3.63) is 106 Å². The number of carboxylic acids is 1. The molecule has 15 nitrogen and oxygen atoms in total. The van der Waals surface area contributed by atoms with Crippen molar-refractivity contribution in [3.63, 3.8) is 0 Å². The average molecular weight is 893 g/mol. The van der Waals surface area contributed by atoms with E-state index in [1.807, 2.05) is 39.8 Å². The number of amides is 3. The molecule has 2 aromatic carbocycles. The third kappa shape index (κ3) is 24.4. The minimum Gasteiger partial charge on any atom is -0.478 e. The molecule has 0 bridgehead atoms. The molecule has 2 heterocycles. The highest BCUT2D eigenvalue weighted by Crippen LogP contribution is 2.24. The number of hydrogen-bond donors (Lipinski definition) is 5. The molecule has 0 saturated carbocycles. The number of terminal acetylenes is 2. The fourth-order valence-corrected chi connectivity index (χ4v) is 5.36. The topological polar surface area (TPSA) is 213 Å². The molecule has 0 aliphatic heterocycles. The number of carbonyl (C=O) groups excluding carboxylic acids is 3. The number of aromatic carboxylic acids is 1. The molecule has 348 valence electrons. The van der Waals surface area contributed by atoms with Gasteiger partial charge in [0.05, 0.1) is 5.56 Å². The molecule has 6 N–H and O–H groups in total. The summed E-state index contributed by atoms with van der Waals surface area (Å²) in [5, 5.41) is 17.3. The molecule has 4 aromatic rings. The summed E-state index contributed by atoms with van der Waals surface area (Å²) in [5.41, 5.74) is 7.74. The monoisotopic (exact) mass is 892 g/mol. The van der Waals surface area contributed by atoms with Crippen LogP contribution in [0, 0.1) is 38.5 Å². The quantitative estimate of drug-likeness (QED) is 0.0495. The highest BCUT2D eigenvalue weighted by Gasteiger charge is 2.17. The van der Waals surface area contributed by atoms with Crippen LogP contribution in [0.3, 0.4) is 0 Å². The first-order valence-corrected chi connectivity index (χ1v) is 21.2. The van der Waals surface area contributed by atoms with Gasteiger partial charge in [-0.25, -0.2) is 24.4 Å². The molecule has 2 aromatic heterocycles. The number of unbranched alkanes of at least 4 members (excludes halogenated alkanes) is 4. The lowest BCUT2D eigenvalue weighted by molar-refractivity contribution is 0.0512. The first kappa shape index (κ1) is 54.0. The Morgan fingerprint density at radius 2 is 1.09 bits per heavy atom. The summed E-state index contributed by atoms with van der Waals surface area (Å²) in [6, 6.07) is 20.1. The minimum absolute atomic E-state index is 0.127. The van der Waals surface area contributed by atoms with Crippen molar-refractivity contribution in [2.75, 3.05) is 13.1 Å². The second kappa shape index (κ2) is 27.9. The van der Waals surface area contributed by atoms with Crippen LogP contribution < -0.4 is 31.2 Å². The van der Waals surface area contributed by atoms with Crippen LogP contribution >= 0.6 is 0 Å². The van der Waals surface area contributed by atoms with E-state index < -0.39 is 29.4 Å². The van der Waals surface area contributed by atoms with Gasteiger partial charge in [0.1, 0.15) is 22.7 Å². The van der Waals surface area contributed by atoms with E-state index in [4.69, 9.17) is 42.6 Å². The van der Waals surface area contributed by atoms with Crippen molar-refractivity contribution >= 4 is 24.1 Å². The molecule has 65 heavy (non-hydrogen) atoms. The molecule has 0 aliphatic carbocycles. The number of hydrogen-bond acceptors (Lipinski definition) is 11. The molecule has 0 spiro atoms. The van der Waals surface area contributed by atoms with Crippen molar-refractivity contribution in [2.45, 2.75) is 118 Å². The Labute approximate surface area is 383 Å². The maximum Gasteiger partial charge on any atom is 0.407 e. The van der Waals surface area contributed by atoms with Gasteiger partial charge in [-0.1, -0.05) is 12.1 Å². The van der Waals surface area contributed by atoms with Crippen LogP contribution in [0.5, 0.6) is 23.3 Å². The van der Waals surface area contributed by atoms with Gasteiger partial charge in [-0.15, -0.1) is 24.7 Å². The molecular formula is C50H64N6O9. The standard InChI is InChI=1S/C25H31N3O4.C19H22N2O5.C6H11N/c1-6-7-8-9-13-26-23(29)20-11-10-12-21(16-20)31-22-15-19(14-18(2)28-22)17-27-24(30)32-25(3,4)5;1-12-8-13(11-20-18(24)26-19(2,3)4)9-16(21-12)25-15-7-5-6-14(10-15)17(22)23;1-2-3-4-5-6-7/h1,10-12,14-16H,7-9,13,17H2,2-5H3,(H,26,29)(H,27,30);5-10H,11H2,1-4H3,(H,20,24)(H,22,23);1H,3-7H2. The molecule has 0 fully saturated rings. The summed E-state index contributed by atoms with van der Waals surface area (Å²) in [4.78, 5) is 55.7. The van der Waals surface area contributed by atoms with E-state index in [0.29, 0.717) is 47.5 Å². The Balaban J connectivity index is 0.000000395. The molecule has 3 amide bonds. The lowest BCUT2D eigenvalue weighted by Crippen LogP contribution is -2.32. The lowest BCUT2D eigenvalue weighted by atomic mass is 10.2. The maximum atomic E-state index is 12.4. The van der Waals surface area contributed by atoms with Gasteiger partial charge in [0, 0.05) is 61.6 Å². The zero-order valence-electron chi connectivity index (χ0n) is 38.8. The normalized spacial score (nSPS) is 10.5. The van der Waals surface area contributed by atoms with E-state index in [0.717, 1.165) is 55.5 Å². The SMILES string of the molecule is C#CCCCCN.C#CCCCCNC(=O)c1cccc(Oc2cc(CNC(=O)OC(C)(C)C)cc(C)n2)c1.Cc1cc(CNC(=O)OC(C)(C)C)cc(Oc2cccc(C(=O)O)c2)n1. The van der Waals surface area contributed by atoms with Gasteiger partial charge < -0.3 is 45.7 Å². The number of nitrogens with zero attached hydrogens (tertiary/aromatic N) is 2. The molecule has 15 heteroatoms. The molecular weight excluding hydrogens is 829 g/mol. The molecule has 4 rings (SSSR count). The maximum absolute atomic E-state index is 12.4. The van der Waals surface area contributed by atoms with E-state index in [2.05, 4.69) is 37.8 Å². The Morgan fingerprint density at radius 3 is 1.52 bits per heavy atom. The van der Waals surface area contributed by atoms with E-state index in [1.54, 1.807) is 76.2 Å². The van der Waals surface area contributed by atoms with E-state index in [9.17, 15) is 19.2 Å². The fourth-order valence-electron chi connectivity index (χ4n) is 5.36. The smallest absolute Gasteiger partial charge is 0.407 e. The van der Waals surface area contributed by atoms with Crippen molar-refractivity contribution in [1.29, 1.82) is 0 Å². The highest BCUT2D eigenvalue weighted by atomic mass is 16.6. The minimum atomic E-state index is -1.03. The first-order chi connectivity index (χ1) is 30.7. The van der Waals surface area contributed by atoms with Crippen LogP contribution in [0.2, 0.25) is 0 Å². The highest BCUT2D eigenvalue weighted by molar-refractivity contribution is 5.94. The zero-order chi connectivity index (χ0) is 48.4. The Hall–Kier alpha value is -7.10. The third-order valence-electron chi connectivity index (χ3n) is 8.08. The molecule has 0 aliphatic rings. The third-order valence-corrected chi connectivity index (χ3v) is 8.08. The van der Waals surface area contributed by atoms with Crippen LogP contribution in [0.4, 0.5) is 9.59 Å². The zero-order valence-corrected chi connectivity index (χ0v) is 38.8. The Morgan fingerprint density at radius 1 is 0.646 bits per heavy atom. The number of aromatic nitrogens is 2. The predicted octanol–water partition coefficient (Wildman–Crippen LogP) is 9.39. The summed E-state index contributed by atoms with van der Waals surface area (Å²) < 4.78 is 22.0. The second-order valence-corrected chi connectivity index (χ2v) is 16.6. The van der Waals surface area contributed by atoms with Gasteiger partial charge in [0.25, 0.3) is 5.91 Å². The average Bonchev–Trinajstić information content (AvgIpc) is 3.21. The number of nitrogens with two attached hydrogens (primary N) is 1. The molecule has 0 saturated heterocycles. The van der Waals surface area contributed by atoms with Crippen LogP contribution in [0.25, 0.3) is 0 Å². The summed E-state index contributed by atoms with van der Waals surface area (Å²) in [6.45, 7) is 16.3. The number of benzene rings is 2. The van der Waals surface area contributed by atoms with Crippen LogP contribution in [-0.4, -0.2) is 63.4 Å². The van der Waals surface area contributed by atoms with Gasteiger partial charge >= 0.3 is 18.2 Å². The second-order valence-electron chi connectivity index (χ2n) is 16.6. The Kier molecular flexibility index (Phi) is 23.2.